The molecule has 1 saturated heterocycles. The second-order valence-electron chi connectivity index (χ2n) is 6.74. The third-order valence-electron chi connectivity index (χ3n) is 4.83. The van der Waals surface area contributed by atoms with Crippen molar-refractivity contribution in [1.82, 2.24) is 15.0 Å². The molecule has 3 heterocycles. The number of furan rings is 1. The SMILES string of the molecule is COc1ccc(-c2ccc(CN3CCC[C@@H](c4noc(C)n4)C3)o2)cc1. The van der Waals surface area contributed by atoms with Gasteiger partial charge in [-0.3, -0.25) is 4.90 Å². The number of hydrogen-bond donors (Lipinski definition) is 0. The first-order valence-corrected chi connectivity index (χ1v) is 8.97. The van der Waals surface area contributed by atoms with Gasteiger partial charge in [0.05, 0.1) is 13.7 Å². The van der Waals surface area contributed by atoms with Crippen molar-refractivity contribution in [3.8, 4) is 17.1 Å². The summed E-state index contributed by atoms with van der Waals surface area (Å²) < 4.78 is 16.4. The van der Waals surface area contributed by atoms with Crippen LogP contribution in [0.1, 0.15) is 36.2 Å². The Labute approximate surface area is 152 Å². The Balaban J connectivity index is 1.41. The van der Waals surface area contributed by atoms with Crippen LogP contribution in [0.15, 0.2) is 45.3 Å². The van der Waals surface area contributed by atoms with Crippen molar-refractivity contribution in [3.05, 3.63) is 53.9 Å². The maximum absolute atomic E-state index is 6.06. The average molecular weight is 353 g/mol. The quantitative estimate of drug-likeness (QED) is 0.690. The fourth-order valence-electron chi connectivity index (χ4n) is 3.48. The number of hydrogen-bond acceptors (Lipinski definition) is 6. The molecule has 0 amide bonds. The summed E-state index contributed by atoms with van der Waals surface area (Å²) in [7, 11) is 1.67. The molecule has 0 radical (unpaired) electrons. The van der Waals surface area contributed by atoms with Crippen LogP contribution in [0.5, 0.6) is 5.75 Å². The highest BCUT2D eigenvalue weighted by Gasteiger charge is 2.25. The Hall–Kier alpha value is -2.60. The van der Waals surface area contributed by atoms with Crippen molar-refractivity contribution in [2.24, 2.45) is 0 Å². The van der Waals surface area contributed by atoms with Gasteiger partial charge < -0.3 is 13.7 Å². The number of ether oxygens (including phenoxy) is 1. The summed E-state index contributed by atoms with van der Waals surface area (Å²) in [6.07, 6.45) is 2.23. The zero-order valence-electron chi connectivity index (χ0n) is 15.1. The molecule has 6 heteroatoms. The third-order valence-corrected chi connectivity index (χ3v) is 4.83. The fraction of sp³-hybridized carbons (Fsp3) is 0.400. The summed E-state index contributed by atoms with van der Waals surface area (Å²) in [6.45, 7) is 4.62. The standard InChI is InChI=1S/C20H23N3O3/c1-14-21-20(22-26-14)16-4-3-11-23(12-16)13-18-9-10-19(25-18)15-5-7-17(24-2)8-6-15/h5-10,16H,3-4,11-13H2,1-2H3/t16-/m1/s1. The molecule has 1 fully saturated rings. The molecule has 0 spiro atoms. The first kappa shape index (κ1) is 16.8. The van der Waals surface area contributed by atoms with E-state index >= 15 is 0 Å². The highest BCUT2D eigenvalue weighted by atomic mass is 16.5. The summed E-state index contributed by atoms with van der Waals surface area (Å²) in [5.74, 6) is 4.48. The van der Waals surface area contributed by atoms with E-state index < -0.39 is 0 Å². The third kappa shape index (κ3) is 3.65. The second-order valence-corrected chi connectivity index (χ2v) is 6.74. The van der Waals surface area contributed by atoms with Gasteiger partial charge in [0, 0.05) is 24.9 Å². The number of aromatic nitrogens is 2. The molecular formula is C20H23N3O3. The molecule has 1 aromatic carbocycles. The molecule has 1 atom stereocenters. The van der Waals surface area contributed by atoms with E-state index in [1.165, 1.54) is 0 Å². The maximum atomic E-state index is 6.06. The highest BCUT2D eigenvalue weighted by molar-refractivity contribution is 5.58. The van der Waals surface area contributed by atoms with Crippen LogP contribution in [0.3, 0.4) is 0 Å². The van der Waals surface area contributed by atoms with Crippen molar-refractivity contribution in [1.29, 1.82) is 0 Å². The van der Waals surface area contributed by atoms with E-state index in [4.69, 9.17) is 13.7 Å². The van der Waals surface area contributed by atoms with Crippen molar-refractivity contribution < 1.29 is 13.7 Å². The number of rotatable bonds is 5. The van der Waals surface area contributed by atoms with E-state index in [-0.39, 0.29) is 0 Å². The molecule has 136 valence electrons. The van der Waals surface area contributed by atoms with Crippen molar-refractivity contribution in [2.75, 3.05) is 20.2 Å². The lowest BCUT2D eigenvalue weighted by atomic mass is 9.97. The fourth-order valence-corrected chi connectivity index (χ4v) is 3.48. The van der Waals surface area contributed by atoms with Gasteiger partial charge in [-0.05, 0) is 55.8 Å². The molecule has 2 aromatic heterocycles. The van der Waals surface area contributed by atoms with Crippen LogP contribution in [0.25, 0.3) is 11.3 Å². The highest BCUT2D eigenvalue weighted by Crippen LogP contribution is 2.28. The lowest BCUT2D eigenvalue weighted by molar-refractivity contribution is 0.182. The smallest absolute Gasteiger partial charge is 0.223 e. The molecule has 4 rings (SSSR count). The predicted octanol–water partition coefficient (Wildman–Crippen LogP) is 4.03. The molecule has 6 nitrogen and oxygen atoms in total. The van der Waals surface area contributed by atoms with Gasteiger partial charge in [0.25, 0.3) is 0 Å². The predicted molar refractivity (Wildman–Crippen MR) is 97.0 cm³/mol. The Kier molecular flexibility index (Phi) is 4.75. The largest absolute Gasteiger partial charge is 0.497 e. The molecule has 0 aliphatic carbocycles. The summed E-state index contributed by atoms with van der Waals surface area (Å²) in [6, 6.07) is 12.0. The van der Waals surface area contributed by atoms with E-state index in [1.807, 2.05) is 37.3 Å². The van der Waals surface area contributed by atoms with Gasteiger partial charge in [0.2, 0.25) is 5.89 Å². The Bertz CT molecular complexity index is 853. The van der Waals surface area contributed by atoms with Crippen LogP contribution < -0.4 is 4.74 Å². The van der Waals surface area contributed by atoms with Gasteiger partial charge in [-0.25, -0.2) is 0 Å². The van der Waals surface area contributed by atoms with Crippen LogP contribution in [-0.4, -0.2) is 35.2 Å². The number of methoxy groups -OCH3 is 1. The van der Waals surface area contributed by atoms with Crippen LogP contribution in [0, 0.1) is 6.92 Å². The number of piperidine rings is 1. The minimum atomic E-state index is 0.331. The summed E-state index contributed by atoms with van der Waals surface area (Å²) in [4.78, 5) is 6.79. The lowest BCUT2D eigenvalue weighted by Gasteiger charge is -2.30. The zero-order chi connectivity index (χ0) is 17.9. The molecule has 0 bridgehead atoms. The Morgan fingerprint density at radius 2 is 2.04 bits per heavy atom. The Morgan fingerprint density at radius 1 is 1.19 bits per heavy atom. The molecule has 0 saturated carbocycles. The van der Waals surface area contributed by atoms with E-state index in [9.17, 15) is 0 Å². The molecule has 0 N–H and O–H groups in total. The van der Waals surface area contributed by atoms with Crippen molar-refractivity contribution in [3.63, 3.8) is 0 Å². The monoisotopic (exact) mass is 353 g/mol. The first-order chi connectivity index (χ1) is 12.7. The number of benzene rings is 1. The molecular weight excluding hydrogens is 330 g/mol. The second kappa shape index (κ2) is 7.33. The van der Waals surface area contributed by atoms with Crippen LogP contribution >= 0.6 is 0 Å². The van der Waals surface area contributed by atoms with Crippen molar-refractivity contribution >= 4 is 0 Å². The van der Waals surface area contributed by atoms with E-state index in [2.05, 4.69) is 21.1 Å². The number of nitrogens with zero attached hydrogens (tertiary/aromatic N) is 3. The molecule has 3 aromatic rings. The maximum Gasteiger partial charge on any atom is 0.223 e. The lowest BCUT2D eigenvalue weighted by Crippen LogP contribution is -2.34. The molecule has 0 unspecified atom stereocenters. The van der Waals surface area contributed by atoms with Gasteiger partial charge in [-0.2, -0.15) is 4.98 Å². The van der Waals surface area contributed by atoms with E-state index in [0.717, 1.165) is 61.1 Å². The summed E-state index contributed by atoms with van der Waals surface area (Å²) in [5.41, 5.74) is 1.05. The van der Waals surface area contributed by atoms with Gasteiger partial charge >= 0.3 is 0 Å². The van der Waals surface area contributed by atoms with Gasteiger partial charge in [0.1, 0.15) is 17.3 Å². The zero-order valence-corrected chi connectivity index (χ0v) is 15.1. The molecule has 26 heavy (non-hydrogen) atoms. The molecule has 1 aliphatic rings. The minimum Gasteiger partial charge on any atom is -0.497 e. The van der Waals surface area contributed by atoms with Crippen LogP contribution in [0.4, 0.5) is 0 Å². The minimum absolute atomic E-state index is 0.331. The number of aryl methyl sites for hydroxylation is 1. The van der Waals surface area contributed by atoms with Crippen LogP contribution in [-0.2, 0) is 6.54 Å². The molecule has 1 aliphatic heterocycles. The summed E-state index contributed by atoms with van der Waals surface area (Å²) in [5, 5.41) is 4.09. The van der Waals surface area contributed by atoms with E-state index in [0.29, 0.717) is 11.8 Å². The van der Waals surface area contributed by atoms with Gasteiger partial charge in [0.15, 0.2) is 5.82 Å². The van der Waals surface area contributed by atoms with Crippen LogP contribution in [0.2, 0.25) is 0 Å². The van der Waals surface area contributed by atoms with Gasteiger partial charge in [-0.1, -0.05) is 5.16 Å². The van der Waals surface area contributed by atoms with E-state index in [1.54, 1.807) is 7.11 Å². The van der Waals surface area contributed by atoms with Gasteiger partial charge in [-0.15, -0.1) is 0 Å². The average Bonchev–Trinajstić information content (AvgIpc) is 3.31. The first-order valence-electron chi connectivity index (χ1n) is 8.97. The Morgan fingerprint density at radius 3 is 2.77 bits per heavy atom. The normalized spacial score (nSPS) is 18.2. The summed E-state index contributed by atoms with van der Waals surface area (Å²) >= 11 is 0. The number of likely N-dealkylation sites (tertiary alicyclic amines) is 1. The van der Waals surface area contributed by atoms with Crippen molar-refractivity contribution in [2.45, 2.75) is 32.2 Å². The topological polar surface area (TPSA) is 64.5 Å².